The average molecular weight is 1940 g/mol. The summed E-state index contributed by atoms with van der Waals surface area (Å²) < 4.78 is 11.3. The van der Waals surface area contributed by atoms with Gasteiger partial charge in [0.05, 0.1) is 54.2 Å². The number of thiazole rings is 2. The molecule has 0 unspecified atom stereocenters. The molecule has 1 aliphatic carbocycles. The van der Waals surface area contributed by atoms with Crippen LogP contribution in [0.3, 0.4) is 0 Å². The third-order valence-electron chi connectivity index (χ3n) is 29.0. The van der Waals surface area contributed by atoms with Crippen LogP contribution in [0.2, 0.25) is 0 Å². The van der Waals surface area contributed by atoms with E-state index in [-0.39, 0.29) is 5.41 Å². The largest absolute Gasteiger partial charge is 0.435 e. The Morgan fingerprint density at radius 2 is 0.638 bits per heavy atom. The normalized spacial score (nSPS) is 12.1. The lowest BCUT2D eigenvalue weighted by Gasteiger charge is -2.22. The lowest BCUT2D eigenvalue weighted by atomic mass is 9.81. The molecule has 0 saturated heterocycles. The van der Waals surface area contributed by atoms with Gasteiger partial charge in [-0.3, -0.25) is 0 Å². The Morgan fingerprint density at radius 3 is 1.24 bits per heavy atom. The number of para-hydroxylation sites is 2. The smallest absolute Gasteiger partial charge is 0.227 e. The van der Waals surface area contributed by atoms with Crippen molar-refractivity contribution in [1.29, 1.82) is 0 Å². The maximum absolute atomic E-state index is 6.74. The molecule has 0 N–H and O–H groups in total. The number of oxazole rings is 1. The standard InChI is InChI=1S/C50H33N3S.C48H29N5O.C37H23N3S/c1-50(2)41-28-37(20-23-39(41)40-26-33-15-9-10-16-34(33)27-42(40)50)49-53-47-45(54-49)24-21-32-17-18-35-25-36(19-22-38(35)46(32)47)48-51-43(30-11-5-3-6-12-30)29-44(52-48)31-13-7-4-8-14-31;1-4-12-31(13-5-1)45-50-46(32-14-6-2-7-15-32)52-47(51-45)34-22-25-37-33(28-34)21-20-30-24-27-40-44(43(30)37)54-48(49-40)35-23-26-39-38-18-10-11-19-41(38)53(42(39)29-35)36-16-8-3-9-17-36;1-4-13-25(14-5-1)31-23-32(26-15-6-2-7-16-26)39-36(38-31)30-22-28-21-20-24-12-10-11-19-29(24)33(28)34-35(30)41-37(40-34)27-17-8-3-9-18-27/h3-29H,1-2H3;1-29H;1-23H. The first-order valence-corrected chi connectivity index (χ1v) is 51.7. The molecular weight excluding hydrogens is 1860 g/mol. The zero-order chi connectivity index (χ0) is 98.7. The molecule has 14 heteroatoms. The van der Waals surface area contributed by atoms with Gasteiger partial charge in [0.15, 0.2) is 34.7 Å². The molecule has 0 saturated carbocycles. The molecule has 0 spiro atoms. The summed E-state index contributed by atoms with van der Waals surface area (Å²) in [5, 5.41) is 20.7. The Bertz CT molecular complexity index is 10200. The molecule has 12 nitrogen and oxygen atoms in total. The molecule has 698 valence electrons. The van der Waals surface area contributed by atoms with E-state index in [1.165, 1.54) is 86.4 Å². The van der Waals surface area contributed by atoms with Gasteiger partial charge >= 0.3 is 0 Å². The van der Waals surface area contributed by atoms with Crippen LogP contribution in [0.4, 0.5) is 0 Å². The Morgan fingerprint density at radius 1 is 0.228 bits per heavy atom. The minimum atomic E-state index is -0.103. The van der Waals surface area contributed by atoms with Crippen LogP contribution >= 0.6 is 22.7 Å². The molecule has 30 rings (SSSR count). The lowest BCUT2D eigenvalue weighted by molar-refractivity contribution is 0.623. The van der Waals surface area contributed by atoms with Gasteiger partial charge in [-0.05, 0) is 172 Å². The van der Waals surface area contributed by atoms with Crippen LogP contribution in [0, 0.1) is 0 Å². The number of rotatable bonds is 13. The number of nitrogens with zero attached hydrogens (tertiary/aromatic N) is 11. The van der Waals surface area contributed by atoms with Crippen LogP contribution in [0.25, 0.3) is 280 Å². The molecule has 0 bridgehead atoms. The van der Waals surface area contributed by atoms with Gasteiger partial charge in [-0.25, -0.2) is 49.8 Å². The van der Waals surface area contributed by atoms with Crippen LogP contribution in [-0.2, 0) is 5.41 Å². The molecule has 22 aromatic carbocycles. The van der Waals surface area contributed by atoms with Crippen molar-refractivity contribution in [2.75, 3.05) is 0 Å². The summed E-state index contributed by atoms with van der Waals surface area (Å²) in [4.78, 5) is 51.0. The molecule has 7 heterocycles. The second-order valence-corrected chi connectivity index (χ2v) is 40.4. The Labute approximate surface area is 864 Å². The average Bonchev–Trinajstić information content (AvgIpc) is 1.66. The predicted octanol–water partition coefficient (Wildman–Crippen LogP) is 35.7. The quantitative estimate of drug-likeness (QED) is 0.102. The third kappa shape index (κ3) is 15.8. The SMILES string of the molecule is CC1(C)c2cc(-c3nc4c(ccc5ccc6cc(-c7nc(-c8ccccc8)cc(-c8ccccc8)n7)ccc6c54)s3)ccc2-c2cc3ccccc3cc21.c1ccc(-c2cc(-c3ccccc3)nc(-c3cc4ccc5ccccc5c4c4nc(-c5ccccc5)sc34)n2)cc1.c1ccc(-c2nc(-c3ccccc3)nc(-c3ccc4c(ccc5ccc6nc(-c7ccc8c9ccccc9n(-c9ccccc9)c8c7)oc6c54)c3)n2)cc1. The van der Waals surface area contributed by atoms with Crippen molar-refractivity contribution in [2.24, 2.45) is 0 Å². The molecule has 1 aliphatic rings. The third-order valence-corrected chi connectivity index (χ3v) is 31.2. The zero-order valence-corrected chi connectivity index (χ0v) is 82.4. The van der Waals surface area contributed by atoms with Crippen molar-refractivity contribution in [1.82, 2.24) is 54.4 Å². The first-order chi connectivity index (χ1) is 73.5. The van der Waals surface area contributed by atoms with Crippen LogP contribution in [-0.4, -0.2) is 54.4 Å². The van der Waals surface area contributed by atoms with Crippen LogP contribution in [0.15, 0.2) is 484 Å². The van der Waals surface area contributed by atoms with E-state index in [1.54, 1.807) is 22.7 Å². The van der Waals surface area contributed by atoms with Gasteiger partial charge in [-0.2, -0.15) is 0 Å². The summed E-state index contributed by atoms with van der Waals surface area (Å²) >= 11 is 3.48. The predicted molar refractivity (Wildman–Crippen MR) is 617 cm³/mol. The Hall–Kier alpha value is -19.1. The van der Waals surface area contributed by atoms with Crippen molar-refractivity contribution >= 4 is 151 Å². The zero-order valence-electron chi connectivity index (χ0n) is 80.8. The van der Waals surface area contributed by atoms with Crippen molar-refractivity contribution in [3.63, 3.8) is 0 Å². The molecule has 149 heavy (non-hydrogen) atoms. The molecule has 7 aromatic heterocycles. The van der Waals surface area contributed by atoms with Gasteiger partial charge in [0.25, 0.3) is 0 Å². The van der Waals surface area contributed by atoms with Crippen molar-refractivity contribution in [3.8, 4) is 151 Å². The minimum Gasteiger partial charge on any atom is -0.435 e. The van der Waals surface area contributed by atoms with E-state index < -0.39 is 0 Å². The fourth-order valence-corrected chi connectivity index (χ4v) is 23.7. The van der Waals surface area contributed by atoms with Gasteiger partial charge in [-0.1, -0.05) is 402 Å². The van der Waals surface area contributed by atoms with E-state index in [2.05, 4.69) is 370 Å². The van der Waals surface area contributed by atoms with Gasteiger partial charge in [0.2, 0.25) is 5.89 Å². The monoisotopic (exact) mass is 1940 g/mol. The molecule has 0 amide bonds. The van der Waals surface area contributed by atoms with E-state index >= 15 is 0 Å². The molecule has 29 aromatic rings. The highest BCUT2D eigenvalue weighted by molar-refractivity contribution is 7.22. The second-order valence-electron chi connectivity index (χ2n) is 38.4. The number of benzene rings is 22. The Balaban J connectivity index is 0.000000109. The van der Waals surface area contributed by atoms with E-state index in [0.717, 1.165) is 170 Å². The van der Waals surface area contributed by atoms with Crippen LogP contribution in [0.5, 0.6) is 0 Å². The summed E-state index contributed by atoms with van der Waals surface area (Å²) in [6.45, 7) is 4.71. The van der Waals surface area contributed by atoms with Gasteiger partial charge in [0, 0.05) is 105 Å². The van der Waals surface area contributed by atoms with E-state index in [9.17, 15) is 0 Å². The molecule has 0 fully saturated rings. The van der Waals surface area contributed by atoms with Crippen LogP contribution < -0.4 is 0 Å². The number of hydrogen-bond donors (Lipinski definition) is 0. The maximum atomic E-state index is 6.74. The topological polar surface area (TPSA) is 147 Å². The summed E-state index contributed by atoms with van der Waals surface area (Å²) in [6.07, 6.45) is 0. The first-order valence-electron chi connectivity index (χ1n) is 50.0. The molecule has 0 aliphatic heterocycles. The number of aromatic nitrogens is 11. The van der Waals surface area contributed by atoms with Gasteiger partial charge in [-0.15, -0.1) is 22.7 Å². The highest BCUT2D eigenvalue weighted by Gasteiger charge is 2.37. The maximum Gasteiger partial charge on any atom is 0.227 e. The molecule has 0 atom stereocenters. The van der Waals surface area contributed by atoms with E-state index in [1.807, 2.05) is 127 Å². The molecular formula is C135H85N11OS2. The minimum absolute atomic E-state index is 0.103. The number of fused-ring (bicyclic) bond motifs is 22. The number of hydrogen-bond acceptors (Lipinski definition) is 13. The summed E-state index contributed by atoms with van der Waals surface area (Å²) in [5.41, 5.74) is 28.1. The van der Waals surface area contributed by atoms with E-state index in [4.69, 9.17) is 54.3 Å². The van der Waals surface area contributed by atoms with Crippen molar-refractivity contribution in [2.45, 2.75) is 19.3 Å². The highest BCUT2D eigenvalue weighted by Crippen LogP contribution is 2.53. The second kappa shape index (κ2) is 36.3. The van der Waals surface area contributed by atoms with Gasteiger partial charge < -0.3 is 8.98 Å². The highest BCUT2D eigenvalue weighted by atomic mass is 32.1. The van der Waals surface area contributed by atoms with Gasteiger partial charge in [0.1, 0.15) is 15.5 Å². The summed E-state index contributed by atoms with van der Waals surface area (Å²) in [6, 6.07) is 168. The fraction of sp³-hybridized carbons (Fsp3) is 0.0222. The summed E-state index contributed by atoms with van der Waals surface area (Å²) in [5.74, 6) is 3.89. The van der Waals surface area contributed by atoms with Crippen molar-refractivity contribution < 1.29 is 4.42 Å². The lowest BCUT2D eigenvalue weighted by Crippen LogP contribution is -2.15. The Kier molecular flexibility index (Phi) is 21.4. The van der Waals surface area contributed by atoms with Crippen LogP contribution in [0.1, 0.15) is 25.0 Å². The van der Waals surface area contributed by atoms with E-state index in [0.29, 0.717) is 35.0 Å². The summed E-state index contributed by atoms with van der Waals surface area (Å²) in [7, 11) is 0. The molecule has 0 radical (unpaired) electrons. The van der Waals surface area contributed by atoms with Crippen molar-refractivity contribution in [3.05, 3.63) is 490 Å². The first kappa shape index (κ1) is 87.7. The fourth-order valence-electron chi connectivity index (χ4n) is 21.7.